The second kappa shape index (κ2) is 9.16. The van der Waals surface area contributed by atoms with Crippen LogP contribution in [0.15, 0.2) is 42.6 Å². The van der Waals surface area contributed by atoms with Gasteiger partial charge in [0.05, 0.1) is 11.9 Å². The number of anilines is 3. The largest absolute Gasteiger partial charge is 0.381 e. The molecule has 1 fully saturated rings. The average Bonchev–Trinajstić information content (AvgIpc) is 2.91. The van der Waals surface area contributed by atoms with E-state index in [-0.39, 0.29) is 11.8 Å². The third-order valence-corrected chi connectivity index (χ3v) is 4.66. The summed E-state index contributed by atoms with van der Waals surface area (Å²) in [7, 11) is 0. The SMILES string of the molecule is CC(=O)Nc1cccc(NC(=O)c2ccc(NC3CCCCCC3)cn2)c1. The van der Waals surface area contributed by atoms with Crippen molar-refractivity contribution in [3.63, 3.8) is 0 Å². The Bertz CT molecular complexity index is 781. The van der Waals surface area contributed by atoms with Crippen LogP contribution in [0.3, 0.4) is 0 Å². The van der Waals surface area contributed by atoms with Crippen molar-refractivity contribution in [2.24, 2.45) is 0 Å². The molecule has 1 aliphatic carbocycles. The molecule has 2 aromatic rings. The maximum Gasteiger partial charge on any atom is 0.274 e. The van der Waals surface area contributed by atoms with Gasteiger partial charge in [0.2, 0.25) is 5.91 Å². The summed E-state index contributed by atoms with van der Waals surface area (Å²) in [5.74, 6) is -0.437. The van der Waals surface area contributed by atoms with Crippen molar-refractivity contribution in [3.05, 3.63) is 48.3 Å². The summed E-state index contributed by atoms with van der Waals surface area (Å²) in [6.45, 7) is 1.44. The number of pyridine rings is 1. The number of carbonyl (C=O) groups is 2. The van der Waals surface area contributed by atoms with E-state index in [2.05, 4.69) is 20.9 Å². The lowest BCUT2D eigenvalue weighted by atomic mass is 10.1. The van der Waals surface area contributed by atoms with E-state index in [0.717, 1.165) is 5.69 Å². The van der Waals surface area contributed by atoms with E-state index in [9.17, 15) is 9.59 Å². The summed E-state index contributed by atoms with van der Waals surface area (Å²) in [5, 5.41) is 9.03. The Kier molecular flexibility index (Phi) is 6.41. The van der Waals surface area contributed by atoms with E-state index in [1.807, 2.05) is 6.07 Å². The van der Waals surface area contributed by atoms with E-state index in [1.165, 1.54) is 45.4 Å². The Hall–Kier alpha value is -2.89. The maximum absolute atomic E-state index is 12.4. The van der Waals surface area contributed by atoms with Crippen LogP contribution in [0.2, 0.25) is 0 Å². The molecule has 1 aromatic carbocycles. The number of benzene rings is 1. The van der Waals surface area contributed by atoms with Gasteiger partial charge in [0, 0.05) is 24.3 Å². The normalized spacial score (nSPS) is 14.9. The van der Waals surface area contributed by atoms with Crippen molar-refractivity contribution in [3.8, 4) is 0 Å². The molecule has 27 heavy (non-hydrogen) atoms. The number of aromatic nitrogens is 1. The molecule has 3 rings (SSSR count). The summed E-state index contributed by atoms with van der Waals surface area (Å²) < 4.78 is 0. The van der Waals surface area contributed by atoms with E-state index in [0.29, 0.717) is 23.1 Å². The highest BCUT2D eigenvalue weighted by Crippen LogP contribution is 2.21. The lowest BCUT2D eigenvalue weighted by Gasteiger charge is -2.17. The van der Waals surface area contributed by atoms with Gasteiger partial charge in [-0.25, -0.2) is 4.98 Å². The van der Waals surface area contributed by atoms with Crippen molar-refractivity contribution >= 4 is 28.9 Å². The Balaban J connectivity index is 1.59. The van der Waals surface area contributed by atoms with Crippen molar-refractivity contribution in [1.82, 2.24) is 4.98 Å². The second-order valence-corrected chi connectivity index (χ2v) is 6.98. The molecule has 142 valence electrons. The predicted octanol–water partition coefficient (Wildman–Crippen LogP) is 4.43. The Morgan fingerprint density at radius 2 is 1.63 bits per heavy atom. The van der Waals surface area contributed by atoms with Gasteiger partial charge in [-0.2, -0.15) is 0 Å². The van der Waals surface area contributed by atoms with E-state index in [1.54, 1.807) is 36.5 Å². The van der Waals surface area contributed by atoms with E-state index in [4.69, 9.17) is 0 Å². The molecular formula is C21H26N4O2. The fourth-order valence-corrected chi connectivity index (χ4v) is 3.35. The standard InChI is InChI=1S/C21H26N4O2/c1-15(26)23-17-9-6-10-18(13-17)25-21(27)20-12-11-19(14-22-20)24-16-7-4-2-3-5-8-16/h6,9-14,16,24H,2-5,7-8H2,1H3,(H,23,26)(H,25,27). The molecule has 1 aliphatic rings. The molecule has 6 nitrogen and oxygen atoms in total. The predicted molar refractivity (Wildman–Crippen MR) is 108 cm³/mol. The van der Waals surface area contributed by atoms with Gasteiger partial charge in [0.25, 0.3) is 5.91 Å². The zero-order valence-corrected chi connectivity index (χ0v) is 15.6. The molecule has 0 saturated heterocycles. The zero-order valence-electron chi connectivity index (χ0n) is 15.6. The molecule has 2 amide bonds. The van der Waals surface area contributed by atoms with Gasteiger partial charge >= 0.3 is 0 Å². The summed E-state index contributed by atoms with van der Waals surface area (Å²) in [4.78, 5) is 27.9. The van der Waals surface area contributed by atoms with Gasteiger partial charge in [-0.3, -0.25) is 9.59 Å². The number of hydrogen-bond donors (Lipinski definition) is 3. The Morgan fingerprint density at radius 1 is 0.926 bits per heavy atom. The average molecular weight is 366 g/mol. The fourth-order valence-electron chi connectivity index (χ4n) is 3.35. The maximum atomic E-state index is 12.4. The van der Waals surface area contributed by atoms with Gasteiger partial charge in [0.15, 0.2) is 0 Å². The van der Waals surface area contributed by atoms with Crippen LogP contribution in [0.5, 0.6) is 0 Å². The fraction of sp³-hybridized carbons (Fsp3) is 0.381. The molecule has 0 radical (unpaired) electrons. The van der Waals surface area contributed by atoms with Crippen LogP contribution in [0, 0.1) is 0 Å². The summed E-state index contributed by atoms with van der Waals surface area (Å²) in [6.07, 6.45) is 9.26. The molecule has 1 heterocycles. The van der Waals surface area contributed by atoms with Crippen LogP contribution in [-0.4, -0.2) is 22.8 Å². The number of nitrogens with zero attached hydrogens (tertiary/aromatic N) is 1. The minimum Gasteiger partial charge on any atom is -0.381 e. The molecular weight excluding hydrogens is 340 g/mol. The van der Waals surface area contributed by atoms with E-state index < -0.39 is 0 Å². The minimum absolute atomic E-state index is 0.156. The third-order valence-electron chi connectivity index (χ3n) is 4.66. The van der Waals surface area contributed by atoms with Gasteiger partial charge in [-0.05, 0) is 43.2 Å². The van der Waals surface area contributed by atoms with Gasteiger partial charge in [-0.1, -0.05) is 31.7 Å². The van der Waals surface area contributed by atoms with Crippen LogP contribution in [0.25, 0.3) is 0 Å². The molecule has 0 bridgehead atoms. The van der Waals surface area contributed by atoms with Crippen LogP contribution in [0.1, 0.15) is 55.9 Å². The lowest BCUT2D eigenvalue weighted by Crippen LogP contribution is -2.19. The number of rotatable bonds is 5. The molecule has 0 spiro atoms. The number of amides is 2. The number of carbonyl (C=O) groups excluding carboxylic acids is 2. The van der Waals surface area contributed by atoms with Gasteiger partial charge in [0.1, 0.15) is 5.69 Å². The van der Waals surface area contributed by atoms with Gasteiger partial charge < -0.3 is 16.0 Å². The Morgan fingerprint density at radius 3 is 2.26 bits per heavy atom. The highest BCUT2D eigenvalue weighted by molar-refractivity contribution is 6.03. The van der Waals surface area contributed by atoms with Crippen molar-refractivity contribution in [1.29, 1.82) is 0 Å². The summed E-state index contributed by atoms with van der Waals surface area (Å²) in [5.41, 5.74) is 2.54. The Labute approximate surface area is 159 Å². The number of hydrogen-bond acceptors (Lipinski definition) is 4. The highest BCUT2D eigenvalue weighted by Gasteiger charge is 2.13. The topological polar surface area (TPSA) is 83.1 Å². The summed E-state index contributed by atoms with van der Waals surface area (Å²) >= 11 is 0. The van der Waals surface area contributed by atoms with Crippen LogP contribution in [0.4, 0.5) is 17.1 Å². The first-order chi connectivity index (χ1) is 13.1. The molecule has 0 atom stereocenters. The van der Waals surface area contributed by atoms with Crippen molar-refractivity contribution in [2.45, 2.75) is 51.5 Å². The third kappa shape index (κ3) is 5.81. The highest BCUT2D eigenvalue weighted by atomic mass is 16.2. The molecule has 0 unspecified atom stereocenters. The van der Waals surface area contributed by atoms with Crippen LogP contribution < -0.4 is 16.0 Å². The quantitative estimate of drug-likeness (QED) is 0.684. The van der Waals surface area contributed by atoms with Crippen LogP contribution in [-0.2, 0) is 4.79 Å². The molecule has 1 saturated carbocycles. The van der Waals surface area contributed by atoms with E-state index >= 15 is 0 Å². The van der Waals surface area contributed by atoms with Gasteiger partial charge in [-0.15, -0.1) is 0 Å². The molecule has 1 aromatic heterocycles. The summed E-state index contributed by atoms with van der Waals surface area (Å²) in [6, 6.07) is 11.1. The first kappa shape index (κ1) is 18.9. The van der Waals surface area contributed by atoms with Crippen LogP contribution >= 0.6 is 0 Å². The van der Waals surface area contributed by atoms with Crippen molar-refractivity contribution in [2.75, 3.05) is 16.0 Å². The molecule has 0 aliphatic heterocycles. The van der Waals surface area contributed by atoms with Crippen molar-refractivity contribution < 1.29 is 9.59 Å². The zero-order chi connectivity index (χ0) is 19.1. The molecule has 6 heteroatoms. The second-order valence-electron chi connectivity index (χ2n) is 6.98. The molecule has 3 N–H and O–H groups in total. The lowest BCUT2D eigenvalue weighted by molar-refractivity contribution is -0.114. The monoisotopic (exact) mass is 366 g/mol. The number of nitrogens with one attached hydrogen (secondary N) is 3. The first-order valence-corrected chi connectivity index (χ1v) is 9.52. The minimum atomic E-state index is -0.281. The smallest absolute Gasteiger partial charge is 0.274 e. The first-order valence-electron chi connectivity index (χ1n) is 9.52.